The second-order valence-electron chi connectivity index (χ2n) is 4.51. The van der Waals surface area contributed by atoms with Crippen molar-refractivity contribution in [3.63, 3.8) is 0 Å². The molecule has 0 saturated heterocycles. The molecule has 5 heteroatoms. The molecular weight excluding hydrogens is 241 g/mol. The van der Waals surface area contributed by atoms with Gasteiger partial charge in [-0.05, 0) is 49.6 Å². The van der Waals surface area contributed by atoms with E-state index in [0.717, 1.165) is 6.26 Å². The summed E-state index contributed by atoms with van der Waals surface area (Å²) in [5.41, 5.74) is 8.06. The van der Waals surface area contributed by atoms with E-state index in [-0.39, 0.29) is 5.82 Å². The number of hydrogen-bond acceptors (Lipinski definition) is 3. The summed E-state index contributed by atoms with van der Waals surface area (Å²) in [6.45, 7) is 5.04. The maximum absolute atomic E-state index is 13.1. The maximum atomic E-state index is 13.1. The summed E-state index contributed by atoms with van der Waals surface area (Å²) in [7, 11) is -3.21. The van der Waals surface area contributed by atoms with Gasteiger partial charge >= 0.3 is 0 Å². The first kappa shape index (κ1) is 14.1. The molecule has 2 unspecified atom stereocenters. The van der Waals surface area contributed by atoms with Crippen LogP contribution in [0, 0.1) is 19.7 Å². The van der Waals surface area contributed by atoms with Crippen molar-refractivity contribution < 1.29 is 12.8 Å². The molecule has 1 rings (SSSR count). The molecular formula is C12H18FNO2S. The third kappa shape index (κ3) is 3.04. The molecule has 0 aliphatic rings. The highest BCUT2D eigenvalue weighted by molar-refractivity contribution is 7.91. The van der Waals surface area contributed by atoms with Gasteiger partial charge in [0.1, 0.15) is 5.82 Å². The van der Waals surface area contributed by atoms with Crippen LogP contribution in [0.4, 0.5) is 4.39 Å². The summed E-state index contributed by atoms with van der Waals surface area (Å²) >= 11 is 0. The highest BCUT2D eigenvalue weighted by Crippen LogP contribution is 2.26. The molecule has 0 bridgehead atoms. The van der Waals surface area contributed by atoms with Crippen LogP contribution in [0.15, 0.2) is 12.1 Å². The first-order valence-corrected chi connectivity index (χ1v) is 7.31. The number of benzene rings is 1. The van der Waals surface area contributed by atoms with Gasteiger partial charge in [0.05, 0.1) is 5.25 Å². The van der Waals surface area contributed by atoms with Gasteiger partial charge in [-0.3, -0.25) is 0 Å². The third-order valence-electron chi connectivity index (χ3n) is 3.07. The fourth-order valence-corrected chi connectivity index (χ4v) is 2.62. The van der Waals surface area contributed by atoms with E-state index in [9.17, 15) is 12.8 Å². The third-order valence-corrected chi connectivity index (χ3v) is 4.72. The Labute approximate surface area is 102 Å². The molecule has 2 N–H and O–H groups in total. The topological polar surface area (TPSA) is 60.2 Å². The van der Waals surface area contributed by atoms with Crippen LogP contribution in [0.3, 0.4) is 0 Å². The monoisotopic (exact) mass is 259 g/mol. The fourth-order valence-electron chi connectivity index (χ4n) is 1.95. The van der Waals surface area contributed by atoms with E-state index in [1.165, 1.54) is 12.1 Å². The van der Waals surface area contributed by atoms with Gasteiger partial charge in [0, 0.05) is 12.3 Å². The SMILES string of the molecule is Cc1cc(F)cc(C)c1C(N)C(C)S(C)(=O)=O. The molecule has 17 heavy (non-hydrogen) atoms. The Morgan fingerprint density at radius 1 is 1.24 bits per heavy atom. The predicted molar refractivity (Wildman–Crippen MR) is 67.1 cm³/mol. The molecule has 0 heterocycles. The molecule has 0 aromatic heterocycles. The maximum Gasteiger partial charge on any atom is 0.151 e. The Balaban J connectivity index is 3.26. The number of hydrogen-bond donors (Lipinski definition) is 1. The zero-order valence-electron chi connectivity index (χ0n) is 10.5. The van der Waals surface area contributed by atoms with Gasteiger partial charge < -0.3 is 5.73 Å². The summed E-state index contributed by atoms with van der Waals surface area (Å²) in [5.74, 6) is -0.331. The summed E-state index contributed by atoms with van der Waals surface area (Å²) in [6.07, 6.45) is 1.16. The molecule has 0 aliphatic heterocycles. The number of halogens is 1. The summed E-state index contributed by atoms with van der Waals surface area (Å²) in [5, 5.41) is -0.689. The normalized spacial score (nSPS) is 15.6. The highest BCUT2D eigenvalue weighted by atomic mass is 32.2. The number of sulfone groups is 1. The van der Waals surface area contributed by atoms with Gasteiger partial charge in [-0.1, -0.05) is 0 Å². The van der Waals surface area contributed by atoms with Crippen molar-refractivity contribution in [1.82, 2.24) is 0 Å². The lowest BCUT2D eigenvalue weighted by Gasteiger charge is -2.22. The molecule has 0 aliphatic carbocycles. The number of nitrogens with two attached hydrogens (primary N) is 1. The summed E-state index contributed by atoms with van der Waals surface area (Å²) < 4.78 is 36.1. The molecule has 1 aromatic rings. The van der Waals surface area contributed by atoms with Crippen molar-refractivity contribution in [2.24, 2.45) is 5.73 Å². The lowest BCUT2D eigenvalue weighted by atomic mass is 9.95. The van der Waals surface area contributed by atoms with Crippen molar-refractivity contribution in [3.05, 3.63) is 34.6 Å². The predicted octanol–water partition coefficient (Wildman–Crippen LogP) is 1.88. The van der Waals surface area contributed by atoms with Crippen LogP contribution in [-0.4, -0.2) is 19.9 Å². The van der Waals surface area contributed by atoms with Gasteiger partial charge in [0.25, 0.3) is 0 Å². The smallest absolute Gasteiger partial charge is 0.151 e. The molecule has 0 radical (unpaired) electrons. The van der Waals surface area contributed by atoms with Crippen LogP contribution in [0.1, 0.15) is 29.7 Å². The first-order chi connectivity index (χ1) is 7.64. The minimum absolute atomic E-state index is 0.331. The van der Waals surface area contributed by atoms with Crippen LogP contribution in [0.2, 0.25) is 0 Å². The number of rotatable bonds is 3. The Morgan fingerprint density at radius 3 is 2.00 bits per heavy atom. The molecule has 2 atom stereocenters. The molecule has 0 fully saturated rings. The Hall–Kier alpha value is -0.940. The van der Waals surface area contributed by atoms with E-state index >= 15 is 0 Å². The van der Waals surface area contributed by atoms with E-state index in [4.69, 9.17) is 5.73 Å². The quantitative estimate of drug-likeness (QED) is 0.901. The molecule has 0 spiro atoms. The fraction of sp³-hybridized carbons (Fsp3) is 0.500. The highest BCUT2D eigenvalue weighted by Gasteiger charge is 2.26. The lowest BCUT2D eigenvalue weighted by Crippen LogP contribution is -2.31. The largest absolute Gasteiger partial charge is 0.323 e. The van der Waals surface area contributed by atoms with E-state index in [1.807, 2.05) is 0 Å². The summed E-state index contributed by atoms with van der Waals surface area (Å²) in [6, 6.07) is 2.11. The van der Waals surface area contributed by atoms with E-state index < -0.39 is 21.1 Å². The van der Waals surface area contributed by atoms with Gasteiger partial charge in [0.15, 0.2) is 9.84 Å². The van der Waals surface area contributed by atoms with Crippen molar-refractivity contribution in [2.45, 2.75) is 32.1 Å². The van der Waals surface area contributed by atoms with Crippen LogP contribution >= 0.6 is 0 Å². The van der Waals surface area contributed by atoms with Crippen molar-refractivity contribution in [3.8, 4) is 0 Å². The molecule has 3 nitrogen and oxygen atoms in total. The zero-order valence-corrected chi connectivity index (χ0v) is 11.3. The Kier molecular flexibility index (Phi) is 3.94. The van der Waals surface area contributed by atoms with E-state index in [2.05, 4.69) is 0 Å². The standard InChI is InChI=1S/C12H18FNO2S/c1-7-5-10(13)6-8(2)11(7)12(14)9(3)17(4,15)16/h5-6,9,12H,14H2,1-4H3. The van der Waals surface area contributed by atoms with Gasteiger partial charge in [-0.2, -0.15) is 0 Å². The average molecular weight is 259 g/mol. The van der Waals surface area contributed by atoms with Crippen LogP contribution in [0.5, 0.6) is 0 Å². The molecule has 96 valence electrons. The van der Waals surface area contributed by atoms with Crippen LogP contribution < -0.4 is 5.73 Å². The molecule has 0 amide bonds. The lowest BCUT2D eigenvalue weighted by molar-refractivity contribution is 0.568. The number of aryl methyl sites for hydroxylation is 2. The average Bonchev–Trinajstić information content (AvgIpc) is 2.13. The van der Waals surface area contributed by atoms with E-state index in [1.54, 1.807) is 20.8 Å². The molecule has 0 saturated carbocycles. The second-order valence-corrected chi connectivity index (χ2v) is 6.92. The Bertz CT molecular complexity index is 502. The van der Waals surface area contributed by atoms with Crippen LogP contribution in [0.25, 0.3) is 0 Å². The van der Waals surface area contributed by atoms with Crippen molar-refractivity contribution >= 4 is 9.84 Å². The van der Waals surface area contributed by atoms with Crippen molar-refractivity contribution in [1.29, 1.82) is 0 Å². The molecule has 1 aromatic carbocycles. The van der Waals surface area contributed by atoms with Crippen molar-refractivity contribution in [2.75, 3.05) is 6.26 Å². The van der Waals surface area contributed by atoms with Gasteiger partial charge in [0.2, 0.25) is 0 Å². The summed E-state index contributed by atoms with van der Waals surface area (Å²) in [4.78, 5) is 0. The van der Waals surface area contributed by atoms with E-state index in [0.29, 0.717) is 16.7 Å². The minimum atomic E-state index is -3.21. The Morgan fingerprint density at radius 2 is 1.65 bits per heavy atom. The first-order valence-electron chi connectivity index (χ1n) is 5.35. The minimum Gasteiger partial charge on any atom is -0.323 e. The zero-order chi connectivity index (χ0) is 13.4. The van der Waals surface area contributed by atoms with Gasteiger partial charge in [-0.25, -0.2) is 12.8 Å². The van der Waals surface area contributed by atoms with Gasteiger partial charge in [-0.15, -0.1) is 0 Å². The van der Waals surface area contributed by atoms with Crippen LogP contribution in [-0.2, 0) is 9.84 Å². The second kappa shape index (κ2) is 4.74.